The molecule has 0 saturated heterocycles. The van der Waals surface area contributed by atoms with Crippen molar-refractivity contribution >= 4 is 23.2 Å². The molecule has 0 aliphatic rings. The standard InChI is InChI=1S/C23H19ClN4O2/c1-15-5-3-6-16(13-15)22-26-21(23(29)25-18-8-4-7-17(24)14-18)27-28(22)19-9-11-20(30-2)12-10-19/h3-14H,1-2H3,(H,25,29). The Morgan fingerprint density at radius 1 is 1.03 bits per heavy atom. The fraction of sp³-hybridized carbons (Fsp3) is 0.0870. The number of aryl methyl sites for hydroxylation is 1. The molecule has 0 aliphatic heterocycles. The molecule has 0 aliphatic carbocycles. The van der Waals surface area contributed by atoms with Crippen molar-refractivity contribution in [3.8, 4) is 22.8 Å². The van der Waals surface area contributed by atoms with Crippen LogP contribution in [0.5, 0.6) is 5.75 Å². The molecular formula is C23H19ClN4O2. The van der Waals surface area contributed by atoms with Crippen molar-refractivity contribution < 1.29 is 9.53 Å². The monoisotopic (exact) mass is 418 g/mol. The average molecular weight is 419 g/mol. The number of anilines is 1. The van der Waals surface area contributed by atoms with Gasteiger partial charge in [0.05, 0.1) is 12.8 Å². The Labute approximate surface area is 179 Å². The van der Waals surface area contributed by atoms with Crippen LogP contribution in [0.2, 0.25) is 5.02 Å². The van der Waals surface area contributed by atoms with Crippen molar-refractivity contribution in [1.82, 2.24) is 14.8 Å². The molecule has 7 heteroatoms. The molecular weight excluding hydrogens is 400 g/mol. The molecule has 3 aromatic carbocycles. The molecule has 0 saturated carbocycles. The molecule has 0 radical (unpaired) electrons. The molecule has 0 atom stereocenters. The fourth-order valence-electron chi connectivity index (χ4n) is 3.04. The van der Waals surface area contributed by atoms with Gasteiger partial charge in [-0.2, -0.15) is 0 Å². The Bertz CT molecular complexity index is 1200. The molecule has 0 spiro atoms. The molecule has 4 aromatic rings. The Morgan fingerprint density at radius 2 is 1.80 bits per heavy atom. The zero-order valence-corrected chi connectivity index (χ0v) is 17.2. The van der Waals surface area contributed by atoms with E-state index in [0.29, 0.717) is 16.5 Å². The maximum atomic E-state index is 12.8. The average Bonchev–Trinajstić information content (AvgIpc) is 3.19. The second-order valence-corrected chi connectivity index (χ2v) is 7.14. The number of nitrogens with zero attached hydrogens (tertiary/aromatic N) is 3. The van der Waals surface area contributed by atoms with Gasteiger partial charge < -0.3 is 10.1 Å². The Kier molecular flexibility index (Phi) is 5.50. The highest BCUT2D eigenvalue weighted by Crippen LogP contribution is 2.24. The second kappa shape index (κ2) is 8.39. The Balaban J connectivity index is 1.75. The summed E-state index contributed by atoms with van der Waals surface area (Å²) in [6.07, 6.45) is 0. The number of benzene rings is 3. The van der Waals surface area contributed by atoms with Gasteiger partial charge in [-0.05, 0) is 55.5 Å². The Hall–Kier alpha value is -3.64. The summed E-state index contributed by atoms with van der Waals surface area (Å²) in [6, 6.07) is 22.2. The molecule has 0 unspecified atom stereocenters. The number of nitrogens with one attached hydrogen (secondary N) is 1. The molecule has 1 aromatic heterocycles. The number of hydrogen-bond donors (Lipinski definition) is 1. The third kappa shape index (κ3) is 4.18. The van der Waals surface area contributed by atoms with Crippen LogP contribution in [0.25, 0.3) is 17.1 Å². The van der Waals surface area contributed by atoms with E-state index in [1.807, 2.05) is 55.5 Å². The number of aromatic nitrogens is 3. The van der Waals surface area contributed by atoms with Crippen molar-refractivity contribution in [2.24, 2.45) is 0 Å². The van der Waals surface area contributed by atoms with Crippen molar-refractivity contribution in [3.63, 3.8) is 0 Å². The van der Waals surface area contributed by atoms with E-state index in [2.05, 4.69) is 15.4 Å². The lowest BCUT2D eigenvalue weighted by Crippen LogP contribution is -2.14. The highest BCUT2D eigenvalue weighted by Gasteiger charge is 2.19. The topological polar surface area (TPSA) is 69.0 Å². The van der Waals surface area contributed by atoms with Crippen LogP contribution in [-0.4, -0.2) is 27.8 Å². The first-order valence-corrected chi connectivity index (χ1v) is 9.67. The van der Waals surface area contributed by atoms with Gasteiger partial charge in [-0.1, -0.05) is 41.4 Å². The highest BCUT2D eigenvalue weighted by molar-refractivity contribution is 6.30. The first kappa shape index (κ1) is 19.7. The smallest absolute Gasteiger partial charge is 0.295 e. The minimum atomic E-state index is -0.418. The largest absolute Gasteiger partial charge is 0.497 e. The van der Waals surface area contributed by atoms with Gasteiger partial charge in [0.1, 0.15) is 5.75 Å². The number of halogens is 1. The van der Waals surface area contributed by atoms with Gasteiger partial charge in [-0.15, -0.1) is 5.10 Å². The normalized spacial score (nSPS) is 10.6. The minimum Gasteiger partial charge on any atom is -0.497 e. The van der Waals surface area contributed by atoms with Gasteiger partial charge in [-0.25, -0.2) is 9.67 Å². The second-order valence-electron chi connectivity index (χ2n) is 6.70. The third-order valence-corrected chi connectivity index (χ3v) is 4.72. The summed E-state index contributed by atoms with van der Waals surface area (Å²) < 4.78 is 6.89. The first-order chi connectivity index (χ1) is 14.5. The van der Waals surface area contributed by atoms with Crippen LogP contribution in [0.15, 0.2) is 72.8 Å². The van der Waals surface area contributed by atoms with E-state index in [4.69, 9.17) is 16.3 Å². The van der Waals surface area contributed by atoms with Crippen molar-refractivity contribution in [2.45, 2.75) is 6.92 Å². The molecule has 150 valence electrons. The zero-order valence-electron chi connectivity index (χ0n) is 16.5. The molecule has 4 rings (SSSR count). The highest BCUT2D eigenvalue weighted by atomic mass is 35.5. The summed E-state index contributed by atoms with van der Waals surface area (Å²) in [5, 5.41) is 7.80. The van der Waals surface area contributed by atoms with Crippen LogP contribution in [0.1, 0.15) is 16.2 Å². The maximum Gasteiger partial charge on any atom is 0.295 e. The SMILES string of the molecule is COc1ccc(-n2nc(C(=O)Nc3cccc(Cl)c3)nc2-c2cccc(C)c2)cc1. The lowest BCUT2D eigenvalue weighted by molar-refractivity contribution is 0.101. The minimum absolute atomic E-state index is 0.0577. The van der Waals surface area contributed by atoms with E-state index in [0.717, 1.165) is 22.6 Å². The van der Waals surface area contributed by atoms with E-state index >= 15 is 0 Å². The summed E-state index contributed by atoms with van der Waals surface area (Å²) in [5.41, 5.74) is 3.29. The van der Waals surface area contributed by atoms with Crippen LogP contribution >= 0.6 is 11.6 Å². The summed E-state index contributed by atoms with van der Waals surface area (Å²) in [4.78, 5) is 17.3. The first-order valence-electron chi connectivity index (χ1n) is 9.29. The number of carbonyl (C=O) groups excluding carboxylic acids is 1. The van der Waals surface area contributed by atoms with E-state index in [9.17, 15) is 4.79 Å². The van der Waals surface area contributed by atoms with E-state index < -0.39 is 5.91 Å². The number of rotatable bonds is 5. The number of carbonyl (C=O) groups is 1. The summed E-state index contributed by atoms with van der Waals surface area (Å²) in [7, 11) is 1.61. The summed E-state index contributed by atoms with van der Waals surface area (Å²) in [6.45, 7) is 2.00. The zero-order chi connectivity index (χ0) is 21.1. The van der Waals surface area contributed by atoms with Gasteiger partial charge in [0.2, 0.25) is 5.82 Å². The molecule has 1 heterocycles. The molecule has 0 bridgehead atoms. The van der Waals surface area contributed by atoms with Gasteiger partial charge in [0, 0.05) is 16.3 Å². The van der Waals surface area contributed by atoms with Gasteiger partial charge in [0.15, 0.2) is 5.82 Å². The predicted octanol–water partition coefficient (Wildman–Crippen LogP) is 5.16. The lowest BCUT2D eigenvalue weighted by Gasteiger charge is -2.07. The summed E-state index contributed by atoms with van der Waals surface area (Å²) in [5.74, 6) is 0.940. The molecule has 1 N–H and O–H groups in total. The van der Waals surface area contributed by atoms with Crippen molar-refractivity contribution in [3.05, 3.63) is 89.2 Å². The van der Waals surface area contributed by atoms with Crippen LogP contribution < -0.4 is 10.1 Å². The number of ether oxygens (including phenoxy) is 1. The fourth-order valence-corrected chi connectivity index (χ4v) is 3.23. The van der Waals surface area contributed by atoms with Gasteiger partial charge in [0.25, 0.3) is 5.91 Å². The predicted molar refractivity (Wildman–Crippen MR) is 117 cm³/mol. The molecule has 6 nitrogen and oxygen atoms in total. The van der Waals surface area contributed by atoms with Crippen LogP contribution in [0, 0.1) is 6.92 Å². The van der Waals surface area contributed by atoms with E-state index in [-0.39, 0.29) is 5.82 Å². The lowest BCUT2D eigenvalue weighted by atomic mass is 10.1. The molecule has 30 heavy (non-hydrogen) atoms. The number of methoxy groups -OCH3 is 1. The Morgan fingerprint density at radius 3 is 2.50 bits per heavy atom. The van der Waals surface area contributed by atoms with Gasteiger partial charge in [-0.3, -0.25) is 4.79 Å². The van der Waals surface area contributed by atoms with Crippen LogP contribution in [-0.2, 0) is 0 Å². The molecule has 0 fully saturated rings. The van der Waals surface area contributed by atoms with E-state index in [1.54, 1.807) is 36.1 Å². The number of amides is 1. The summed E-state index contributed by atoms with van der Waals surface area (Å²) >= 11 is 6.01. The number of hydrogen-bond acceptors (Lipinski definition) is 4. The van der Waals surface area contributed by atoms with Gasteiger partial charge >= 0.3 is 0 Å². The van der Waals surface area contributed by atoms with Crippen molar-refractivity contribution in [2.75, 3.05) is 12.4 Å². The van der Waals surface area contributed by atoms with Crippen LogP contribution in [0.3, 0.4) is 0 Å². The van der Waals surface area contributed by atoms with Crippen molar-refractivity contribution in [1.29, 1.82) is 0 Å². The third-order valence-electron chi connectivity index (χ3n) is 4.49. The quantitative estimate of drug-likeness (QED) is 0.486. The van der Waals surface area contributed by atoms with Crippen LogP contribution in [0.4, 0.5) is 5.69 Å². The maximum absolute atomic E-state index is 12.8. The molecule has 1 amide bonds. The van der Waals surface area contributed by atoms with E-state index in [1.165, 1.54) is 0 Å².